The summed E-state index contributed by atoms with van der Waals surface area (Å²) in [6.45, 7) is 18.7. The molecule has 2 nitrogen and oxygen atoms in total. The highest BCUT2D eigenvalue weighted by molar-refractivity contribution is 6.74. The van der Waals surface area contributed by atoms with Crippen molar-refractivity contribution >= 4 is 14.1 Å². The number of hydrogen-bond donors (Lipinski definition) is 0. The van der Waals surface area contributed by atoms with Crippen LogP contribution in [-0.4, -0.2) is 20.2 Å². The Balaban J connectivity index is 1.53. The van der Waals surface area contributed by atoms with E-state index >= 15 is 0 Å². The van der Waals surface area contributed by atoms with Crippen LogP contribution in [0.3, 0.4) is 0 Å². The van der Waals surface area contributed by atoms with Crippen LogP contribution in [0.1, 0.15) is 92.9 Å². The van der Waals surface area contributed by atoms with Crippen molar-refractivity contribution in [3.63, 3.8) is 0 Å². The van der Waals surface area contributed by atoms with Gasteiger partial charge in [0.2, 0.25) is 0 Å². The first-order valence-electron chi connectivity index (χ1n) is 12.7. The highest BCUT2D eigenvalue weighted by atomic mass is 28.4. The second-order valence-corrected chi connectivity index (χ2v) is 18.0. The van der Waals surface area contributed by atoms with Crippen LogP contribution in [0.2, 0.25) is 18.1 Å². The molecule has 3 saturated carbocycles. The summed E-state index contributed by atoms with van der Waals surface area (Å²) in [5.41, 5.74) is 2.34. The number of carbonyl (C=O) groups is 1. The molecule has 4 aliphatic rings. The molecular weight excluding hydrogens is 384 g/mol. The van der Waals surface area contributed by atoms with Gasteiger partial charge in [0, 0.05) is 12.0 Å². The first-order valence-corrected chi connectivity index (χ1v) is 15.6. The average molecular weight is 431 g/mol. The molecule has 0 aromatic heterocycles. The molecule has 0 aliphatic heterocycles. The summed E-state index contributed by atoms with van der Waals surface area (Å²) in [7, 11) is -1.71. The maximum atomic E-state index is 12.4. The predicted octanol–water partition coefficient (Wildman–Crippen LogP) is 7.54. The molecular formula is C27H46O2Si. The molecule has 0 amide bonds. The van der Waals surface area contributed by atoms with Gasteiger partial charge in [-0.05, 0) is 105 Å². The number of hydrogen-bond acceptors (Lipinski definition) is 2. The molecule has 7 atom stereocenters. The van der Waals surface area contributed by atoms with Crippen molar-refractivity contribution in [3.05, 3.63) is 11.6 Å². The number of fused-ring (bicyclic) bond motifs is 5. The van der Waals surface area contributed by atoms with Gasteiger partial charge in [-0.2, -0.15) is 0 Å². The van der Waals surface area contributed by atoms with E-state index in [0.717, 1.165) is 30.6 Å². The van der Waals surface area contributed by atoms with Crippen molar-refractivity contribution < 1.29 is 9.22 Å². The summed E-state index contributed by atoms with van der Waals surface area (Å²) in [5.74, 6) is 3.12. The molecule has 0 N–H and O–H groups in total. The van der Waals surface area contributed by atoms with Gasteiger partial charge in [-0.3, -0.25) is 4.79 Å². The average Bonchev–Trinajstić information content (AvgIpc) is 2.98. The minimum absolute atomic E-state index is 0.261. The van der Waals surface area contributed by atoms with Crippen molar-refractivity contribution in [2.75, 3.05) is 0 Å². The Morgan fingerprint density at radius 2 is 1.77 bits per heavy atom. The van der Waals surface area contributed by atoms with Crippen LogP contribution in [0.4, 0.5) is 0 Å². The molecule has 0 saturated heterocycles. The lowest BCUT2D eigenvalue weighted by atomic mass is 9.47. The van der Waals surface area contributed by atoms with Crippen molar-refractivity contribution in [2.24, 2.45) is 34.5 Å². The lowest BCUT2D eigenvalue weighted by Crippen LogP contribution is -2.52. The smallest absolute Gasteiger partial charge is 0.192 e. The fourth-order valence-electron chi connectivity index (χ4n) is 7.99. The Kier molecular flexibility index (Phi) is 5.54. The minimum atomic E-state index is -1.71. The summed E-state index contributed by atoms with van der Waals surface area (Å²) < 4.78 is 6.86. The Bertz CT molecular complexity index is 732. The van der Waals surface area contributed by atoms with Gasteiger partial charge in [0.05, 0.1) is 0 Å². The van der Waals surface area contributed by atoms with E-state index in [4.69, 9.17) is 4.43 Å². The summed E-state index contributed by atoms with van der Waals surface area (Å²) >= 11 is 0. The second kappa shape index (κ2) is 7.30. The SMILES string of the molecule is CC(=O)[C@H]1CCC2C3CC=C4CC(O[Si](C)(C)C(C)(C)C)CC[C@]4(C)C3CC[C@@]21C. The van der Waals surface area contributed by atoms with Crippen LogP contribution in [0, 0.1) is 34.5 Å². The monoisotopic (exact) mass is 430 g/mol. The van der Waals surface area contributed by atoms with E-state index in [1.807, 2.05) is 6.92 Å². The van der Waals surface area contributed by atoms with E-state index in [-0.39, 0.29) is 10.5 Å². The summed E-state index contributed by atoms with van der Waals surface area (Å²) in [6, 6.07) is 0. The standard InChI is InChI=1S/C27H46O2Si/c1-18(28)22-11-12-23-21-10-9-19-17-20(29-30(7,8)25(2,3)4)13-15-26(19,5)24(21)14-16-27(22,23)6/h9,20-24H,10-17H2,1-8H3/t20?,21?,22-,23?,24?,26+,27-/m1/s1. The normalized spacial score (nSPS) is 44.0. The molecule has 170 valence electrons. The van der Waals surface area contributed by atoms with E-state index in [0.29, 0.717) is 23.2 Å². The third kappa shape index (κ3) is 3.41. The number of carbonyl (C=O) groups excluding carboxylic acids is 1. The van der Waals surface area contributed by atoms with Crippen LogP contribution in [0.15, 0.2) is 11.6 Å². The first-order chi connectivity index (χ1) is 13.8. The maximum Gasteiger partial charge on any atom is 0.192 e. The predicted molar refractivity (Wildman–Crippen MR) is 128 cm³/mol. The van der Waals surface area contributed by atoms with Crippen molar-refractivity contribution in [2.45, 2.75) is 117 Å². The lowest BCUT2D eigenvalue weighted by molar-refractivity contribution is -0.127. The Labute approximate surface area is 186 Å². The molecule has 30 heavy (non-hydrogen) atoms. The van der Waals surface area contributed by atoms with Gasteiger partial charge in [-0.1, -0.05) is 46.3 Å². The highest BCUT2D eigenvalue weighted by Gasteiger charge is 2.59. The Morgan fingerprint density at radius 1 is 1.07 bits per heavy atom. The van der Waals surface area contributed by atoms with Gasteiger partial charge in [0.25, 0.3) is 0 Å². The van der Waals surface area contributed by atoms with Crippen LogP contribution < -0.4 is 0 Å². The number of allylic oxidation sites excluding steroid dienone is 1. The minimum Gasteiger partial charge on any atom is -0.414 e. The zero-order valence-corrected chi connectivity index (χ0v) is 21.9. The van der Waals surface area contributed by atoms with Crippen molar-refractivity contribution in [1.29, 1.82) is 0 Å². The summed E-state index contributed by atoms with van der Waals surface area (Å²) in [4.78, 5) is 12.4. The number of rotatable bonds is 3. The van der Waals surface area contributed by atoms with Crippen LogP contribution in [0.25, 0.3) is 0 Å². The number of Topliss-reactive ketones (excluding diaryl/α,β-unsaturated/α-hetero) is 1. The maximum absolute atomic E-state index is 12.4. The fraction of sp³-hybridized carbons (Fsp3) is 0.889. The molecule has 0 bridgehead atoms. The van der Waals surface area contributed by atoms with E-state index in [2.05, 4.69) is 53.8 Å². The fourth-order valence-corrected chi connectivity index (χ4v) is 9.38. The van der Waals surface area contributed by atoms with E-state index in [1.54, 1.807) is 5.57 Å². The Hall–Kier alpha value is -0.413. The second-order valence-electron chi connectivity index (χ2n) is 13.3. The quantitative estimate of drug-likeness (QED) is 0.341. The third-order valence-corrected chi connectivity index (χ3v) is 15.4. The largest absolute Gasteiger partial charge is 0.414 e. The van der Waals surface area contributed by atoms with Gasteiger partial charge >= 0.3 is 0 Å². The zero-order chi connectivity index (χ0) is 22.1. The van der Waals surface area contributed by atoms with E-state index < -0.39 is 8.32 Å². The first kappa shape index (κ1) is 22.8. The van der Waals surface area contributed by atoms with Crippen molar-refractivity contribution in [1.82, 2.24) is 0 Å². The van der Waals surface area contributed by atoms with Gasteiger partial charge in [-0.15, -0.1) is 0 Å². The lowest BCUT2D eigenvalue weighted by Gasteiger charge is -2.58. The topological polar surface area (TPSA) is 26.3 Å². The third-order valence-electron chi connectivity index (χ3n) is 10.8. The zero-order valence-electron chi connectivity index (χ0n) is 20.9. The molecule has 3 fully saturated rings. The molecule has 4 rings (SSSR count). The molecule has 0 radical (unpaired) electrons. The van der Waals surface area contributed by atoms with Crippen LogP contribution in [-0.2, 0) is 9.22 Å². The molecule has 0 aromatic carbocycles. The van der Waals surface area contributed by atoms with Gasteiger partial charge in [0.15, 0.2) is 8.32 Å². The van der Waals surface area contributed by atoms with Gasteiger partial charge in [-0.25, -0.2) is 0 Å². The molecule has 3 heteroatoms. The van der Waals surface area contributed by atoms with E-state index in [1.165, 1.54) is 38.5 Å². The van der Waals surface area contributed by atoms with Gasteiger partial charge < -0.3 is 4.43 Å². The summed E-state index contributed by atoms with van der Waals surface area (Å²) in [5, 5.41) is 0.281. The Morgan fingerprint density at radius 3 is 2.40 bits per heavy atom. The molecule has 4 unspecified atom stereocenters. The molecule has 0 aromatic rings. The number of ketones is 1. The van der Waals surface area contributed by atoms with Crippen molar-refractivity contribution in [3.8, 4) is 0 Å². The molecule has 0 spiro atoms. The summed E-state index contributed by atoms with van der Waals surface area (Å²) in [6.07, 6.45) is 13.0. The van der Waals surface area contributed by atoms with Crippen LogP contribution >= 0.6 is 0 Å². The molecule has 4 aliphatic carbocycles. The molecule has 0 heterocycles. The van der Waals surface area contributed by atoms with E-state index in [9.17, 15) is 4.79 Å². The highest BCUT2D eigenvalue weighted by Crippen LogP contribution is 2.66. The van der Waals surface area contributed by atoms with Crippen LogP contribution in [0.5, 0.6) is 0 Å². The van der Waals surface area contributed by atoms with Gasteiger partial charge in [0.1, 0.15) is 5.78 Å².